The van der Waals surface area contributed by atoms with E-state index in [0.29, 0.717) is 5.69 Å². The van der Waals surface area contributed by atoms with Gasteiger partial charge >= 0.3 is 0 Å². The van der Waals surface area contributed by atoms with E-state index in [1.807, 2.05) is 92.7 Å². The highest BCUT2D eigenvalue weighted by molar-refractivity contribution is 5.93. The predicted molar refractivity (Wildman–Crippen MR) is 132 cm³/mol. The number of anilines is 2. The summed E-state index contributed by atoms with van der Waals surface area (Å²) in [7, 11) is 1.63. The zero-order valence-corrected chi connectivity index (χ0v) is 18.9. The van der Waals surface area contributed by atoms with Gasteiger partial charge in [-0.05, 0) is 61.4 Å². The summed E-state index contributed by atoms with van der Waals surface area (Å²) < 4.78 is 5.26. The Kier molecular flexibility index (Phi) is 6.64. The molecule has 166 valence electrons. The van der Waals surface area contributed by atoms with Crippen molar-refractivity contribution in [3.63, 3.8) is 0 Å². The molecule has 0 spiro atoms. The van der Waals surface area contributed by atoms with Gasteiger partial charge in [0, 0.05) is 16.8 Å². The molecule has 0 atom stereocenters. The van der Waals surface area contributed by atoms with Gasteiger partial charge in [0.2, 0.25) is 11.9 Å². The van der Waals surface area contributed by atoms with E-state index in [4.69, 9.17) is 4.74 Å². The van der Waals surface area contributed by atoms with Crippen molar-refractivity contribution in [2.75, 3.05) is 24.3 Å². The number of amides is 1. The Bertz CT molecular complexity index is 1260. The van der Waals surface area contributed by atoms with Crippen LogP contribution in [-0.4, -0.2) is 29.5 Å². The molecule has 0 bridgehead atoms. The number of nitrogens with zero attached hydrogens (tertiary/aromatic N) is 2. The lowest BCUT2D eigenvalue weighted by Gasteiger charge is -2.12. The maximum absolute atomic E-state index is 12.7. The largest absolute Gasteiger partial charge is 0.497 e. The monoisotopic (exact) mass is 438 g/mol. The molecule has 0 aliphatic heterocycles. The third-order valence-electron chi connectivity index (χ3n) is 5.48. The lowest BCUT2D eigenvalue weighted by Crippen LogP contribution is -2.23. The molecule has 2 N–H and O–H groups in total. The standard InChI is InChI=1S/C27H26N4O2/c1-18-8-7-11-23(19(18)2)28-17-26(32)31-27-29-24(20-9-5-4-6-10-20)16-25(30-27)21-12-14-22(33-3)15-13-21/h4-16,28H,17H2,1-3H3,(H,29,30,31,32). The van der Waals surface area contributed by atoms with Gasteiger partial charge in [0.05, 0.1) is 25.0 Å². The van der Waals surface area contributed by atoms with E-state index >= 15 is 0 Å². The second kappa shape index (κ2) is 9.96. The SMILES string of the molecule is COc1ccc(-c2cc(-c3ccccc3)nc(NC(=O)CNc3cccc(C)c3C)n2)cc1. The van der Waals surface area contributed by atoms with Crippen LogP contribution in [0.3, 0.4) is 0 Å². The summed E-state index contributed by atoms with van der Waals surface area (Å²) in [5.74, 6) is 0.805. The van der Waals surface area contributed by atoms with Gasteiger partial charge in [0.25, 0.3) is 0 Å². The number of nitrogens with one attached hydrogen (secondary N) is 2. The van der Waals surface area contributed by atoms with Crippen molar-refractivity contribution >= 4 is 17.5 Å². The van der Waals surface area contributed by atoms with E-state index in [1.165, 1.54) is 5.56 Å². The van der Waals surface area contributed by atoms with E-state index in [1.54, 1.807) is 7.11 Å². The number of ether oxygens (including phenoxy) is 1. The number of rotatable bonds is 7. The van der Waals surface area contributed by atoms with Gasteiger partial charge in [0.1, 0.15) is 5.75 Å². The number of carbonyl (C=O) groups is 1. The van der Waals surface area contributed by atoms with Crippen LogP contribution in [0.2, 0.25) is 0 Å². The third kappa shape index (κ3) is 5.36. The fourth-order valence-electron chi connectivity index (χ4n) is 3.46. The number of benzene rings is 3. The lowest BCUT2D eigenvalue weighted by atomic mass is 10.1. The molecule has 6 heteroatoms. The molecule has 4 aromatic rings. The average molecular weight is 439 g/mol. The molecule has 1 heterocycles. The molecule has 33 heavy (non-hydrogen) atoms. The normalized spacial score (nSPS) is 10.5. The van der Waals surface area contributed by atoms with Crippen LogP contribution in [-0.2, 0) is 4.79 Å². The summed E-state index contributed by atoms with van der Waals surface area (Å²) in [5, 5.41) is 6.04. The molecule has 0 saturated carbocycles. The first-order valence-corrected chi connectivity index (χ1v) is 10.7. The molecule has 0 radical (unpaired) electrons. The van der Waals surface area contributed by atoms with Crippen molar-refractivity contribution in [3.8, 4) is 28.3 Å². The zero-order chi connectivity index (χ0) is 23.2. The molecule has 0 fully saturated rings. The Morgan fingerprint density at radius 2 is 1.52 bits per heavy atom. The van der Waals surface area contributed by atoms with Crippen molar-refractivity contribution in [2.45, 2.75) is 13.8 Å². The molecule has 0 unspecified atom stereocenters. The van der Waals surface area contributed by atoms with Crippen molar-refractivity contribution in [1.29, 1.82) is 0 Å². The highest BCUT2D eigenvalue weighted by atomic mass is 16.5. The van der Waals surface area contributed by atoms with Crippen molar-refractivity contribution in [3.05, 3.63) is 90.0 Å². The van der Waals surface area contributed by atoms with Gasteiger partial charge in [-0.25, -0.2) is 9.97 Å². The highest BCUT2D eigenvalue weighted by Gasteiger charge is 2.12. The molecule has 0 aliphatic rings. The van der Waals surface area contributed by atoms with E-state index in [-0.39, 0.29) is 18.4 Å². The van der Waals surface area contributed by atoms with E-state index in [0.717, 1.165) is 33.8 Å². The second-order valence-corrected chi connectivity index (χ2v) is 7.71. The molecule has 0 aliphatic carbocycles. The van der Waals surface area contributed by atoms with Gasteiger partial charge in [-0.3, -0.25) is 10.1 Å². The van der Waals surface area contributed by atoms with Crippen molar-refractivity contribution in [1.82, 2.24) is 9.97 Å². The molecule has 4 rings (SSSR count). The topological polar surface area (TPSA) is 76.1 Å². The first kappa shape index (κ1) is 22.0. The smallest absolute Gasteiger partial charge is 0.246 e. The Balaban J connectivity index is 1.59. The Hall–Kier alpha value is -4.19. The molecule has 0 saturated heterocycles. The number of hydrogen-bond donors (Lipinski definition) is 2. The molecular formula is C27H26N4O2. The molecule has 1 amide bonds. The summed E-state index contributed by atoms with van der Waals surface area (Å²) in [6.07, 6.45) is 0. The minimum atomic E-state index is -0.221. The quantitative estimate of drug-likeness (QED) is 0.399. The van der Waals surface area contributed by atoms with Gasteiger partial charge < -0.3 is 10.1 Å². The minimum Gasteiger partial charge on any atom is -0.497 e. The molecule has 3 aromatic carbocycles. The van der Waals surface area contributed by atoms with Crippen LogP contribution in [0.4, 0.5) is 11.6 Å². The summed E-state index contributed by atoms with van der Waals surface area (Å²) in [6, 6.07) is 25.3. The summed E-state index contributed by atoms with van der Waals surface area (Å²) in [5.41, 5.74) is 6.51. The number of methoxy groups -OCH3 is 1. The maximum Gasteiger partial charge on any atom is 0.246 e. The van der Waals surface area contributed by atoms with Crippen LogP contribution in [0.5, 0.6) is 5.75 Å². The number of hydrogen-bond acceptors (Lipinski definition) is 5. The fourth-order valence-corrected chi connectivity index (χ4v) is 3.46. The first-order valence-electron chi connectivity index (χ1n) is 10.7. The summed E-state index contributed by atoms with van der Waals surface area (Å²) in [6.45, 7) is 4.19. The molecular weight excluding hydrogens is 412 g/mol. The third-order valence-corrected chi connectivity index (χ3v) is 5.48. The number of aryl methyl sites for hydroxylation is 1. The van der Waals surface area contributed by atoms with Crippen LogP contribution in [0.1, 0.15) is 11.1 Å². The second-order valence-electron chi connectivity index (χ2n) is 7.71. The summed E-state index contributed by atoms with van der Waals surface area (Å²) in [4.78, 5) is 21.9. The van der Waals surface area contributed by atoms with Crippen LogP contribution in [0, 0.1) is 13.8 Å². The van der Waals surface area contributed by atoms with Crippen LogP contribution >= 0.6 is 0 Å². The zero-order valence-electron chi connectivity index (χ0n) is 18.9. The summed E-state index contributed by atoms with van der Waals surface area (Å²) >= 11 is 0. The van der Waals surface area contributed by atoms with Crippen LogP contribution < -0.4 is 15.4 Å². The van der Waals surface area contributed by atoms with Crippen LogP contribution in [0.25, 0.3) is 22.5 Å². The molecule has 1 aromatic heterocycles. The predicted octanol–water partition coefficient (Wildman–Crippen LogP) is 5.49. The average Bonchev–Trinajstić information content (AvgIpc) is 2.85. The Labute approximate surface area is 193 Å². The van der Waals surface area contributed by atoms with E-state index in [2.05, 4.69) is 20.6 Å². The first-order chi connectivity index (χ1) is 16.0. The number of aromatic nitrogens is 2. The Morgan fingerprint density at radius 1 is 0.848 bits per heavy atom. The van der Waals surface area contributed by atoms with Gasteiger partial charge in [-0.1, -0.05) is 42.5 Å². The molecule has 6 nitrogen and oxygen atoms in total. The van der Waals surface area contributed by atoms with Gasteiger partial charge in [-0.15, -0.1) is 0 Å². The fraction of sp³-hybridized carbons (Fsp3) is 0.148. The van der Waals surface area contributed by atoms with Crippen molar-refractivity contribution in [2.24, 2.45) is 0 Å². The minimum absolute atomic E-state index is 0.112. The van der Waals surface area contributed by atoms with Gasteiger partial charge in [-0.2, -0.15) is 0 Å². The van der Waals surface area contributed by atoms with Crippen LogP contribution in [0.15, 0.2) is 78.9 Å². The van der Waals surface area contributed by atoms with E-state index in [9.17, 15) is 4.79 Å². The Morgan fingerprint density at radius 3 is 2.18 bits per heavy atom. The highest BCUT2D eigenvalue weighted by Crippen LogP contribution is 2.26. The lowest BCUT2D eigenvalue weighted by molar-refractivity contribution is -0.114. The van der Waals surface area contributed by atoms with Crippen molar-refractivity contribution < 1.29 is 9.53 Å². The van der Waals surface area contributed by atoms with E-state index < -0.39 is 0 Å². The maximum atomic E-state index is 12.7. The van der Waals surface area contributed by atoms with Gasteiger partial charge in [0.15, 0.2) is 0 Å². The number of carbonyl (C=O) groups excluding carboxylic acids is 1.